The molecule has 0 aliphatic carbocycles. The molecule has 0 N–H and O–H groups in total. The third-order valence-corrected chi connectivity index (χ3v) is 3.47. The summed E-state index contributed by atoms with van der Waals surface area (Å²) in [5.74, 6) is -0.466. The van der Waals surface area contributed by atoms with Crippen LogP contribution in [0.25, 0.3) is 0 Å². The number of halogens is 3. The fourth-order valence-corrected chi connectivity index (χ4v) is 2.23. The van der Waals surface area contributed by atoms with Crippen LogP contribution >= 0.6 is 27.5 Å². The molecule has 0 fully saturated rings. The maximum Gasteiger partial charge on any atom is 0.196 e. The molecule has 0 aliphatic rings. The predicted octanol–water partition coefficient (Wildman–Crippen LogP) is 4.87. The quantitative estimate of drug-likeness (QED) is 0.730. The van der Waals surface area contributed by atoms with Crippen molar-refractivity contribution >= 4 is 33.3 Å². The van der Waals surface area contributed by atoms with E-state index in [-0.39, 0.29) is 16.4 Å². The number of carbonyl (C=O) groups excluding carboxylic acids is 1. The molecule has 2 rings (SSSR count). The van der Waals surface area contributed by atoms with Crippen LogP contribution in [-0.4, -0.2) is 12.4 Å². The highest BCUT2D eigenvalue weighted by Crippen LogP contribution is 2.27. The fourth-order valence-electron chi connectivity index (χ4n) is 1.75. The molecular weight excluding hydrogens is 347 g/mol. The summed E-state index contributed by atoms with van der Waals surface area (Å²) in [6.45, 7) is 2.27. The molecule has 0 spiro atoms. The van der Waals surface area contributed by atoms with Gasteiger partial charge in [0.25, 0.3) is 0 Å². The van der Waals surface area contributed by atoms with Gasteiger partial charge in [0.1, 0.15) is 11.6 Å². The van der Waals surface area contributed by atoms with Crippen LogP contribution in [0.2, 0.25) is 5.02 Å². The smallest absolute Gasteiger partial charge is 0.196 e. The zero-order chi connectivity index (χ0) is 14.7. The molecular formula is C15H11BrClFO2. The van der Waals surface area contributed by atoms with E-state index in [1.807, 2.05) is 6.92 Å². The molecule has 0 amide bonds. The van der Waals surface area contributed by atoms with Crippen LogP contribution in [-0.2, 0) is 0 Å². The van der Waals surface area contributed by atoms with Gasteiger partial charge in [-0.2, -0.15) is 0 Å². The molecule has 0 unspecified atom stereocenters. The van der Waals surface area contributed by atoms with Gasteiger partial charge in [-0.25, -0.2) is 4.39 Å². The van der Waals surface area contributed by atoms with Crippen LogP contribution in [0.5, 0.6) is 5.75 Å². The van der Waals surface area contributed by atoms with Crippen molar-refractivity contribution in [3.8, 4) is 5.75 Å². The monoisotopic (exact) mass is 356 g/mol. The standard InChI is InChI=1S/C15H11BrClFO2/c1-2-20-14-6-4-10(16)8-11(14)15(19)9-3-5-12(17)13(18)7-9/h3-8H,2H2,1H3. The lowest BCUT2D eigenvalue weighted by atomic mass is 10.0. The first-order chi connectivity index (χ1) is 9.52. The average Bonchev–Trinajstić information content (AvgIpc) is 2.43. The Hall–Kier alpha value is -1.39. The van der Waals surface area contributed by atoms with Gasteiger partial charge in [-0.05, 0) is 43.3 Å². The van der Waals surface area contributed by atoms with Crippen molar-refractivity contribution in [2.45, 2.75) is 6.92 Å². The number of hydrogen-bond acceptors (Lipinski definition) is 2. The Morgan fingerprint density at radius 3 is 2.70 bits per heavy atom. The molecule has 20 heavy (non-hydrogen) atoms. The van der Waals surface area contributed by atoms with Crippen molar-refractivity contribution in [1.82, 2.24) is 0 Å². The Labute approximate surface area is 129 Å². The highest BCUT2D eigenvalue weighted by atomic mass is 79.9. The van der Waals surface area contributed by atoms with Crippen molar-refractivity contribution in [3.63, 3.8) is 0 Å². The van der Waals surface area contributed by atoms with Crippen LogP contribution in [0.15, 0.2) is 40.9 Å². The summed E-state index contributed by atoms with van der Waals surface area (Å²) in [7, 11) is 0. The summed E-state index contributed by atoms with van der Waals surface area (Å²) in [6, 6.07) is 9.12. The van der Waals surface area contributed by atoms with E-state index in [1.54, 1.807) is 18.2 Å². The van der Waals surface area contributed by atoms with E-state index in [2.05, 4.69) is 15.9 Å². The van der Waals surface area contributed by atoms with E-state index in [9.17, 15) is 9.18 Å². The summed E-state index contributed by atoms with van der Waals surface area (Å²) in [4.78, 5) is 12.4. The first-order valence-electron chi connectivity index (χ1n) is 5.95. The number of hydrogen-bond donors (Lipinski definition) is 0. The summed E-state index contributed by atoms with van der Waals surface area (Å²) in [5.41, 5.74) is 0.605. The SMILES string of the molecule is CCOc1ccc(Br)cc1C(=O)c1ccc(Cl)c(F)c1. The second-order valence-electron chi connectivity index (χ2n) is 4.03. The first kappa shape index (κ1) is 15.0. The van der Waals surface area contributed by atoms with Gasteiger partial charge in [0.05, 0.1) is 17.2 Å². The van der Waals surface area contributed by atoms with E-state index in [1.165, 1.54) is 12.1 Å². The third kappa shape index (κ3) is 3.19. The lowest BCUT2D eigenvalue weighted by Gasteiger charge is -2.10. The molecule has 0 atom stereocenters. The largest absolute Gasteiger partial charge is 0.493 e. The topological polar surface area (TPSA) is 26.3 Å². The molecule has 0 radical (unpaired) electrons. The van der Waals surface area contributed by atoms with E-state index >= 15 is 0 Å². The second-order valence-corrected chi connectivity index (χ2v) is 5.35. The first-order valence-corrected chi connectivity index (χ1v) is 7.12. The lowest BCUT2D eigenvalue weighted by Crippen LogP contribution is -2.06. The second kappa shape index (κ2) is 6.37. The maximum absolute atomic E-state index is 13.5. The van der Waals surface area contributed by atoms with Crippen LogP contribution < -0.4 is 4.74 Å². The molecule has 0 aromatic heterocycles. The molecule has 104 valence electrons. The highest BCUT2D eigenvalue weighted by molar-refractivity contribution is 9.10. The van der Waals surface area contributed by atoms with Gasteiger partial charge in [-0.15, -0.1) is 0 Å². The summed E-state index contributed by atoms with van der Waals surface area (Å²) < 4.78 is 19.6. The van der Waals surface area contributed by atoms with Gasteiger partial charge in [-0.3, -0.25) is 4.79 Å². The van der Waals surface area contributed by atoms with Crippen LogP contribution in [0, 0.1) is 5.82 Å². The molecule has 2 aromatic carbocycles. The minimum Gasteiger partial charge on any atom is -0.493 e. The number of rotatable bonds is 4. The summed E-state index contributed by atoms with van der Waals surface area (Å²) in [6.07, 6.45) is 0. The summed E-state index contributed by atoms with van der Waals surface area (Å²) in [5, 5.41) is -0.0131. The Bertz CT molecular complexity index is 658. The normalized spacial score (nSPS) is 10.4. The van der Waals surface area contributed by atoms with Crippen LogP contribution in [0.4, 0.5) is 4.39 Å². The van der Waals surface area contributed by atoms with Gasteiger partial charge < -0.3 is 4.74 Å². The average molecular weight is 358 g/mol. The fraction of sp³-hybridized carbons (Fsp3) is 0.133. The molecule has 2 nitrogen and oxygen atoms in total. The number of benzene rings is 2. The van der Waals surface area contributed by atoms with Crippen LogP contribution in [0.3, 0.4) is 0 Å². The van der Waals surface area contributed by atoms with Crippen molar-refractivity contribution in [1.29, 1.82) is 0 Å². The Morgan fingerprint density at radius 1 is 1.30 bits per heavy atom. The van der Waals surface area contributed by atoms with Gasteiger partial charge in [0, 0.05) is 10.0 Å². The van der Waals surface area contributed by atoms with E-state index in [0.717, 1.165) is 10.5 Å². The number of carbonyl (C=O) groups is 1. The molecule has 0 heterocycles. The minimum atomic E-state index is -0.620. The van der Waals surface area contributed by atoms with Gasteiger partial charge in [0.2, 0.25) is 0 Å². The number of ether oxygens (including phenoxy) is 1. The Morgan fingerprint density at radius 2 is 2.05 bits per heavy atom. The van der Waals surface area contributed by atoms with Crippen molar-refractivity contribution in [2.75, 3.05) is 6.61 Å². The molecule has 0 saturated carbocycles. The minimum absolute atomic E-state index is 0.0131. The maximum atomic E-state index is 13.5. The van der Waals surface area contributed by atoms with Gasteiger partial charge in [0.15, 0.2) is 5.78 Å². The molecule has 0 bridgehead atoms. The zero-order valence-corrected chi connectivity index (χ0v) is 13.0. The summed E-state index contributed by atoms with van der Waals surface area (Å²) >= 11 is 8.93. The molecule has 2 aromatic rings. The third-order valence-electron chi connectivity index (χ3n) is 2.67. The highest BCUT2D eigenvalue weighted by Gasteiger charge is 2.16. The van der Waals surface area contributed by atoms with Gasteiger partial charge in [-0.1, -0.05) is 27.5 Å². The Balaban J connectivity index is 2.46. The Kier molecular flexibility index (Phi) is 4.78. The van der Waals surface area contributed by atoms with Gasteiger partial charge >= 0.3 is 0 Å². The van der Waals surface area contributed by atoms with E-state index < -0.39 is 5.82 Å². The molecule has 5 heteroatoms. The van der Waals surface area contributed by atoms with Crippen LogP contribution in [0.1, 0.15) is 22.8 Å². The van der Waals surface area contributed by atoms with Crippen molar-refractivity contribution in [3.05, 3.63) is 62.8 Å². The lowest BCUT2D eigenvalue weighted by molar-refractivity contribution is 0.103. The van der Waals surface area contributed by atoms with E-state index in [0.29, 0.717) is 17.9 Å². The van der Waals surface area contributed by atoms with Crippen molar-refractivity contribution in [2.24, 2.45) is 0 Å². The number of ketones is 1. The zero-order valence-electron chi connectivity index (χ0n) is 10.6. The van der Waals surface area contributed by atoms with E-state index in [4.69, 9.17) is 16.3 Å². The van der Waals surface area contributed by atoms with Crippen molar-refractivity contribution < 1.29 is 13.9 Å². The molecule has 0 saturated heterocycles. The molecule has 0 aliphatic heterocycles. The predicted molar refractivity (Wildman–Crippen MR) is 80.2 cm³/mol.